The van der Waals surface area contributed by atoms with E-state index in [-0.39, 0.29) is 21.4 Å². The van der Waals surface area contributed by atoms with Gasteiger partial charge in [-0.05, 0) is 41.8 Å². The zero-order valence-corrected chi connectivity index (χ0v) is 17.6. The van der Waals surface area contributed by atoms with Crippen LogP contribution in [0.5, 0.6) is 0 Å². The van der Waals surface area contributed by atoms with Crippen molar-refractivity contribution < 1.29 is 13.2 Å². The number of rotatable bonds is 7. The molecule has 27 heavy (non-hydrogen) atoms. The van der Waals surface area contributed by atoms with Crippen LogP contribution in [0, 0.1) is 0 Å². The van der Waals surface area contributed by atoms with E-state index in [1.54, 1.807) is 13.8 Å². The smallest absolute Gasteiger partial charge is 0.255 e. The summed E-state index contributed by atoms with van der Waals surface area (Å²) in [6.07, 6.45) is 0. The Labute approximate surface area is 166 Å². The fourth-order valence-electron chi connectivity index (χ4n) is 2.70. The van der Waals surface area contributed by atoms with Crippen molar-refractivity contribution in [3.8, 4) is 0 Å². The first-order chi connectivity index (χ1) is 12.7. The monoisotopic (exact) mass is 408 g/mol. The summed E-state index contributed by atoms with van der Waals surface area (Å²) in [5, 5.41) is 2.89. The van der Waals surface area contributed by atoms with E-state index < -0.39 is 10.0 Å². The number of anilines is 1. The summed E-state index contributed by atoms with van der Waals surface area (Å²) in [5.41, 5.74) is 2.05. The van der Waals surface area contributed by atoms with Gasteiger partial charge in [-0.25, -0.2) is 8.42 Å². The zero-order valence-electron chi connectivity index (χ0n) is 16.0. The molecule has 0 radical (unpaired) electrons. The molecule has 2 aromatic rings. The molecule has 1 N–H and O–H groups in total. The van der Waals surface area contributed by atoms with Gasteiger partial charge in [0.05, 0.1) is 5.02 Å². The van der Waals surface area contributed by atoms with Gasteiger partial charge in [-0.1, -0.05) is 51.4 Å². The van der Waals surface area contributed by atoms with E-state index in [4.69, 9.17) is 11.6 Å². The van der Waals surface area contributed by atoms with Crippen molar-refractivity contribution in [3.63, 3.8) is 0 Å². The number of carbonyl (C=O) groups is 1. The molecule has 0 heterocycles. The van der Waals surface area contributed by atoms with Crippen molar-refractivity contribution >= 4 is 33.2 Å². The van der Waals surface area contributed by atoms with E-state index >= 15 is 0 Å². The first-order valence-corrected chi connectivity index (χ1v) is 10.7. The number of nitrogens with one attached hydrogen (secondary N) is 1. The average molecular weight is 409 g/mol. The third-order valence-electron chi connectivity index (χ3n) is 4.35. The summed E-state index contributed by atoms with van der Waals surface area (Å²) in [4.78, 5) is 12.5. The lowest BCUT2D eigenvalue weighted by molar-refractivity contribution is 0.102. The van der Waals surface area contributed by atoms with E-state index in [0.717, 1.165) is 0 Å². The molecule has 0 aliphatic carbocycles. The van der Waals surface area contributed by atoms with E-state index in [1.165, 1.54) is 28.1 Å². The second-order valence-electron chi connectivity index (χ2n) is 6.47. The van der Waals surface area contributed by atoms with Crippen molar-refractivity contribution in [1.29, 1.82) is 0 Å². The largest absolute Gasteiger partial charge is 0.322 e. The Morgan fingerprint density at radius 3 is 2.19 bits per heavy atom. The molecule has 0 bridgehead atoms. The minimum absolute atomic E-state index is 0.0596. The Balaban J connectivity index is 2.30. The molecule has 0 aliphatic rings. The summed E-state index contributed by atoms with van der Waals surface area (Å²) in [6.45, 7) is 8.36. The van der Waals surface area contributed by atoms with Crippen molar-refractivity contribution in [2.75, 3.05) is 18.4 Å². The Kier molecular flexibility index (Phi) is 7.03. The summed E-state index contributed by atoms with van der Waals surface area (Å²) in [6, 6.07) is 11.9. The molecule has 0 atom stereocenters. The van der Waals surface area contributed by atoms with Crippen molar-refractivity contribution in [1.82, 2.24) is 4.31 Å². The Hall–Kier alpha value is -1.89. The summed E-state index contributed by atoms with van der Waals surface area (Å²) < 4.78 is 26.8. The van der Waals surface area contributed by atoms with Gasteiger partial charge in [0.25, 0.3) is 5.91 Å². The fraction of sp³-hybridized carbons (Fsp3) is 0.350. The minimum atomic E-state index is -3.75. The van der Waals surface area contributed by atoms with Crippen LogP contribution >= 0.6 is 11.6 Å². The lowest BCUT2D eigenvalue weighted by Crippen LogP contribution is -2.31. The van der Waals surface area contributed by atoms with Crippen LogP contribution in [0.15, 0.2) is 47.4 Å². The molecule has 146 valence electrons. The van der Waals surface area contributed by atoms with Gasteiger partial charge < -0.3 is 5.32 Å². The van der Waals surface area contributed by atoms with Gasteiger partial charge in [-0.2, -0.15) is 4.31 Å². The van der Waals surface area contributed by atoms with Crippen molar-refractivity contribution in [2.45, 2.75) is 38.5 Å². The molecular weight excluding hydrogens is 384 g/mol. The highest BCUT2D eigenvalue weighted by atomic mass is 35.5. The van der Waals surface area contributed by atoms with Gasteiger partial charge in [0.15, 0.2) is 0 Å². The first-order valence-electron chi connectivity index (χ1n) is 8.91. The number of hydrogen-bond donors (Lipinski definition) is 1. The maximum atomic E-state index is 12.8. The lowest BCUT2D eigenvalue weighted by Gasteiger charge is -2.19. The van der Waals surface area contributed by atoms with Crippen LogP contribution in [0.1, 0.15) is 49.5 Å². The van der Waals surface area contributed by atoms with Gasteiger partial charge in [0, 0.05) is 24.3 Å². The van der Waals surface area contributed by atoms with Gasteiger partial charge in [-0.3, -0.25) is 4.79 Å². The zero-order chi connectivity index (χ0) is 20.2. The highest BCUT2D eigenvalue weighted by Crippen LogP contribution is 2.26. The topological polar surface area (TPSA) is 66.5 Å². The Bertz CT molecular complexity index is 905. The van der Waals surface area contributed by atoms with Crippen LogP contribution in [-0.2, 0) is 10.0 Å². The standard InChI is InChI=1S/C20H25ClN2O3S/c1-5-23(6-2)27(25,26)19-13-16(9-12-18(19)21)20(24)22-17-10-7-15(8-11-17)14(3)4/h7-14H,5-6H2,1-4H3,(H,22,24). The van der Waals surface area contributed by atoms with Crippen LogP contribution < -0.4 is 5.32 Å². The van der Waals surface area contributed by atoms with Gasteiger partial charge in [-0.15, -0.1) is 0 Å². The minimum Gasteiger partial charge on any atom is -0.322 e. The lowest BCUT2D eigenvalue weighted by atomic mass is 10.0. The van der Waals surface area contributed by atoms with E-state index in [0.29, 0.717) is 24.7 Å². The summed E-state index contributed by atoms with van der Waals surface area (Å²) in [7, 11) is -3.75. The molecule has 0 saturated heterocycles. The molecule has 0 aromatic heterocycles. The molecule has 0 unspecified atom stereocenters. The van der Waals surface area contributed by atoms with Crippen LogP contribution in [0.2, 0.25) is 5.02 Å². The van der Waals surface area contributed by atoms with Crippen LogP contribution in [0.4, 0.5) is 5.69 Å². The molecule has 0 fully saturated rings. The number of sulfonamides is 1. The van der Waals surface area contributed by atoms with Crippen LogP contribution in [-0.4, -0.2) is 31.7 Å². The quantitative estimate of drug-likeness (QED) is 0.719. The molecule has 2 aromatic carbocycles. The van der Waals surface area contributed by atoms with Crippen LogP contribution in [0.3, 0.4) is 0 Å². The summed E-state index contributed by atoms with van der Waals surface area (Å²) >= 11 is 6.11. The molecule has 5 nitrogen and oxygen atoms in total. The maximum absolute atomic E-state index is 12.8. The van der Waals surface area contributed by atoms with Crippen molar-refractivity contribution in [2.24, 2.45) is 0 Å². The SMILES string of the molecule is CCN(CC)S(=O)(=O)c1cc(C(=O)Nc2ccc(C(C)C)cc2)ccc1Cl. The Morgan fingerprint density at radius 1 is 1.07 bits per heavy atom. The predicted molar refractivity (Wildman–Crippen MR) is 110 cm³/mol. The fourth-order valence-corrected chi connectivity index (χ4v) is 4.66. The third kappa shape index (κ3) is 4.89. The summed E-state index contributed by atoms with van der Waals surface area (Å²) in [5.74, 6) is 0.0128. The molecule has 0 saturated carbocycles. The molecule has 0 spiro atoms. The second kappa shape index (κ2) is 8.87. The number of halogens is 1. The molecule has 1 amide bonds. The highest BCUT2D eigenvalue weighted by molar-refractivity contribution is 7.89. The average Bonchev–Trinajstić information content (AvgIpc) is 2.63. The normalized spacial score (nSPS) is 11.8. The highest BCUT2D eigenvalue weighted by Gasteiger charge is 2.25. The third-order valence-corrected chi connectivity index (χ3v) is 6.88. The first kappa shape index (κ1) is 21.4. The van der Waals surface area contributed by atoms with E-state index in [1.807, 2.05) is 24.3 Å². The molecular formula is C20H25ClN2O3S. The molecule has 7 heteroatoms. The maximum Gasteiger partial charge on any atom is 0.255 e. The number of nitrogens with zero attached hydrogens (tertiary/aromatic N) is 1. The number of carbonyl (C=O) groups excluding carboxylic acids is 1. The number of benzene rings is 2. The van der Waals surface area contributed by atoms with Crippen LogP contribution in [0.25, 0.3) is 0 Å². The molecule has 0 aliphatic heterocycles. The molecule has 2 rings (SSSR count). The van der Waals surface area contributed by atoms with Gasteiger partial charge in [0.2, 0.25) is 10.0 Å². The second-order valence-corrected chi connectivity index (χ2v) is 8.78. The number of hydrogen-bond acceptors (Lipinski definition) is 3. The van der Waals surface area contributed by atoms with E-state index in [2.05, 4.69) is 19.2 Å². The number of amides is 1. The predicted octanol–water partition coefficient (Wildman–Crippen LogP) is 4.75. The van der Waals surface area contributed by atoms with Crippen molar-refractivity contribution in [3.05, 3.63) is 58.6 Å². The Morgan fingerprint density at radius 2 is 1.67 bits per heavy atom. The van der Waals surface area contributed by atoms with Gasteiger partial charge in [0.1, 0.15) is 4.90 Å². The van der Waals surface area contributed by atoms with E-state index in [9.17, 15) is 13.2 Å². The van der Waals surface area contributed by atoms with Gasteiger partial charge >= 0.3 is 0 Å².